The summed E-state index contributed by atoms with van der Waals surface area (Å²) in [6, 6.07) is 1.81. The highest BCUT2D eigenvalue weighted by molar-refractivity contribution is 14.1. The predicted molar refractivity (Wildman–Crippen MR) is 68.7 cm³/mol. The van der Waals surface area contributed by atoms with E-state index in [4.69, 9.17) is 14.2 Å². The van der Waals surface area contributed by atoms with Crippen molar-refractivity contribution in [1.29, 1.82) is 0 Å². The molecule has 0 saturated heterocycles. The van der Waals surface area contributed by atoms with Crippen LogP contribution in [-0.2, 0) is 4.74 Å². The lowest BCUT2D eigenvalue weighted by molar-refractivity contribution is 0.0481. The fourth-order valence-corrected chi connectivity index (χ4v) is 2.52. The van der Waals surface area contributed by atoms with Crippen LogP contribution in [0.4, 0.5) is 0 Å². The van der Waals surface area contributed by atoms with E-state index < -0.39 is 0 Å². The van der Waals surface area contributed by atoms with Crippen molar-refractivity contribution in [2.45, 2.75) is 0 Å². The topological polar surface area (TPSA) is 40.6 Å². The van der Waals surface area contributed by atoms with E-state index in [1.807, 2.05) is 6.07 Å². The molecule has 0 spiro atoms. The molecule has 0 atom stereocenters. The van der Waals surface area contributed by atoms with E-state index in [1.165, 1.54) is 0 Å². The van der Waals surface area contributed by atoms with Crippen molar-refractivity contribution in [2.75, 3.05) is 21.0 Å². The fraction of sp³-hybridized carbons (Fsp3) is 0.375. The summed E-state index contributed by atoms with van der Waals surface area (Å²) in [5.41, 5.74) is 0. The van der Waals surface area contributed by atoms with Crippen LogP contribution in [0.2, 0.25) is 0 Å². The number of methoxy groups -OCH3 is 2. The lowest BCUT2D eigenvalue weighted by atomic mass is 10.4. The van der Waals surface area contributed by atoms with Crippen LogP contribution in [0.1, 0.15) is 0 Å². The fourth-order valence-electron chi connectivity index (χ4n) is 0.852. The third-order valence-electron chi connectivity index (χ3n) is 1.41. The van der Waals surface area contributed by atoms with Gasteiger partial charge in [-0.1, -0.05) is 0 Å². The van der Waals surface area contributed by atoms with Gasteiger partial charge in [0.15, 0.2) is 18.3 Å². The van der Waals surface area contributed by atoms with Crippen molar-refractivity contribution >= 4 is 45.2 Å². The maximum Gasteiger partial charge on any atom is 0.196 e. The number of hydrogen-bond acceptors (Lipinski definition) is 4. The van der Waals surface area contributed by atoms with Gasteiger partial charge in [-0.2, -0.15) is 0 Å². The Kier molecular flexibility index (Phi) is 5.17. The monoisotopic (exact) mass is 421 g/mol. The van der Waals surface area contributed by atoms with Crippen LogP contribution in [0.25, 0.3) is 0 Å². The molecular formula is C8H9I2NO3. The molecule has 0 aliphatic carbocycles. The maximum atomic E-state index is 5.34. The van der Waals surface area contributed by atoms with Crippen molar-refractivity contribution in [3.05, 3.63) is 13.5 Å². The molecule has 0 aromatic carbocycles. The molecule has 0 aliphatic heterocycles. The van der Waals surface area contributed by atoms with Gasteiger partial charge in [-0.05, 0) is 45.2 Å². The van der Waals surface area contributed by atoms with Gasteiger partial charge in [0.05, 0.1) is 7.11 Å². The third-order valence-corrected chi connectivity index (χ3v) is 2.69. The number of ether oxygens (including phenoxy) is 3. The van der Waals surface area contributed by atoms with Crippen LogP contribution in [0.3, 0.4) is 0 Å². The van der Waals surface area contributed by atoms with Crippen molar-refractivity contribution in [2.24, 2.45) is 0 Å². The molecule has 6 heteroatoms. The molecule has 0 amide bonds. The molecule has 4 nitrogen and oxygen atoms in total. The zero-order chi connectivity index (χ0) is 10.6. The summed E-state index contributed by atoms with van der Waals surface area (Å²) in [6.45, 7) is 0.189. The molecule has 0 aliphatic rings. The van der Waals surface area contributed by atoms with Gasteiger partial charge < -0.3 is 14.2 Å². The number of nitrogens with zero attached hydrogens (tertiary/aromatic N) is 1. The first-order chi connectivity index (χ1) is 6.69. The Bertz CT molecular complexity index is 320. The van der Waals surface area contributed by atoms with Crippen LogP contribution >= 0.6 is 45.2 Å². The smallest absolute Gasteiger partial charge is 0.196 e. The van der Waals surface area contributed by atoms with E-state index in [0.717, 1.165) is 7.40 Å². The molecule has 0 bridgehead atoms. The van der Waals surface area contributed by atoms with Crippen molar-refractivity contribution in [3.63, 3.8) is 0 Å². The van der Waals surface area contributed by atoms with E-state index >= 15 is 0 Å². The summed E-state index contributed by atoms with van der Waals surface area (Å²) in [5, 5.41) is 0. The van der Waals surface area contributed by atoms with Crippen LogP contribution in [-0.4, -0.2) is 26.0 Å². The molecule has 78 valence electrons. The molecule has 1 rings (SSSR count). The highest BCUT2D eigenvalue weighted by Gasteiger charge is 2.11. The van der Waals surface area contributed by atoms with Gasteiger partial charge in [-0.15, -0.1) is 0 Å². The number of halogens is 2. The van der Waals surface area contributed by atoms with Gasteiger partial charge in [0, 0.05) is 13.2 Å². The van der Waals surface area contributed by atoms with Crippen LogP contribution in [0, 0.1) is 7.40 Å². The molecule has 0 saturated carbocycles. The quantitative estimate of drug-likeness (QED) is 0.425. The van der Waals surface area contributed by atoms with E-state index in [-0.39, 0.29) is 6.79 Å². The highest BCUT2D eigenvalue weighted by Crippen LogP contribution is 2.32. The van der Waals surface area contributed by atoms with Crippen molar-refractivity contribution in [1.82, 2.24) is 4.98 Å². The van der Waals surface area contributed by atoms with Gasteiger partial charge >= 0.3 is 0 Å². The molecular weight excluding hydrogens is 412 g/mol. The van der Waals surface area contributed by atoms with Gasteiger partial charge in [0.25, 0.3) is 0 Å². The second-order valence-electron chi connectivity index (χ2n) is 2.32. The van der Waals surface area contributed by atoms with Gasteiger partial charge in [0.2, 0.25) is 0 Å². The Morgan fingerprint density at radius 1 is 1.36 bits per heavy atom. The molecule has 0 unspecified atom stereocenters. The Morgan fingerprint density at radius 3 is 2.64 bits per heavy atom. The normalized spacial score (nSPS) is 10.0. The molecule has 1 heterocycles. The summed E-state index contributed by atoms with van der Waals surface area (Å²) >= 11 is 4.22. The first kappa shape index (κ1) is 12.2. The van der Waals surface area contributed by atoms with Crippen LogP contribution in [0.15, 0.2) is 6.07 Å². The molecule has 0 fully saturated rings. The average Bonchev–Trinajstić information content (AvgIpc) is 2.15. The number of pyridine rings is 1. The standard InChI is InChI=1S/C8H9I2NO3/c1-12-4-14-7-5(13-2)3-6(9)11-8(7)10/h3H,4H2,1-2H3. The van der Waals surface area contributed by atoms with Crippen molar-refractivity contribution in [3.8, 4) is 11.5 Å². The van der Waals surface area contributed by atoms with E-state index in [2.05, 4.69) is 50.2 Å². The Hall–Kier alpha value is 0.170. The Labute approximate surface area is 110 Å². The maximum absolute atomic E-state index is 5.34. The Morgan fingerprint density at radius 2 is 2.07 bits per heavy atom. The molecule has 1 aromatic heterocycles. The molecule has 0 N–H and O–H groups in total. The lowest BCUT2D eigenvalue weighted by Gasteiger charge is -2.11. The zero-order valence-corrected chi connectivity index (χ0v) is 12.0. The zero-order valence-electron chi connectivity index (χ0n) is 7.71. The molecule has 0 radical (unpaired) electrons. The van der Waals surface area contributed by atoms with Gasteiger partial charge in [-0.3, -0.25) is 0 Å². The van der Waals surface area contributed by atoms with Crippen molar-refractivity contribution < 1.29 is 14.2 Å². The summed E-state index contributed by atoms with van der Waals surface area (Å²) in [7, 11) is 3.17. The van der Waals surface area contributed by atoms with Crippen LogP contribution in [0.5, 0.6) is 11.5 Å². The van der Waals surface area contributed by atoms with E-state index in [0.29, 0.717) is 11.5 Å². The lowest BCUT2D eigenvalue weighted by Crippen LogP contribution is -2.04. The first-order valence-corrected chi connectivity index (χ1v) is 5.86. The summed E-state index contributed by atoms with van der Waals surface area (Å²) in [5.74, 6) is 1.29. The summed E-state index contributed by atoms with van der Waals surface area (Å²) < 4.78 is 17.0. The van der Waals surface area contributed by atoms with E-state index in [9.17, 15) is 0 Å². The number of rotatable bonds is 4. The third kappa shape index (κ3) is 3.09. The van der Waals surface area contributed by atoms with Gasteiger partial charge in [0.1, 0.15) is 7.40 Å². The average molecular weight is 421 g/mol. The summed E-state index contributed by atoms with van der Waals surface area (Å²) in [4.78, 5) is 4.25. The Balaban J connectivity index is 2.99. The number of aromatic nitrogens is 1. The van der Waals surface area contributed by atoms with Crippen LogP contribution < -0.4 is 9.47 Å². The summed E-state index contributed by atoms with van der Waals surface area (Å²) in [6.07, 6.45) is 0. The second-order valence-corrected chi connectivity index (χ2v) is 4.45. The largest absolute Gasteiger partial charge is 0.493 e. The molecule has 14 heavy (non-hydrogen) atoms. The minimum atomic E-state index is 0.189. The second kappa shape index (κ2) is 5.91. The van der Waals surface area contributed by atoms with Gasteiger partial charge in [-0.25, -0.2) is 4.98 Å². The minimum absolute atomic E-state index is 0.189. The number of hydrogen-bond donors (Lipinski definition) is 0. The predicted octanol–water partition coefficient (Wildman–Crippen LogP) is 2.28. The van der Waals surface area contributed by atoms with E-state index in [1.54, 1.807) is 14.2 Å². The highest BCUT2D eigenvalue weighted by atomic mass is 127. The SMILES string of the molecule is COCOc1c(OC)cc(I)nc1I. The molecule has 1 aromatic rings. The first-order valence-electron chi connectivity index (χ1n) is 3.70. The minimum Gasteiger partial charge on any atom is -0.493 e.